The monoisotopic (exact) mass is 326 g/mol. The van der Waals surface area contributed by atoms with E-state index in [1.165, 1.54) is 15.8 Å². The zero-order chi connectivity index (χ0) is 15.6. The second kappa shape index (κ2) is 6.17. The highest BCUT2D eigenvalue weighted by Crippen LogP contribution is 2.35. The van der Waals surface area contributed by atoms with Crippen LogP contribution in [-0.2, 0) is 19.4 Å². The summed E-state index contributed by atoms with van der Waals surface area (Å²) in [4.78, 5) is 19.9. The van der Waals surface area contributed by atoms with Crippen LogP contribution in [0.2, 0.25) is 0 Å². The lowest BCUT2D eigenvalue weighted by molar-refractivity contribution is 0.657. The van der Waals surface area contributed by atoms with Crippen molar-refractivity contribution in [1.82, 2.24) is 25.3 Å². The Morgan fingerprint density at radius 2 is 2.26 bits per heavy atom. The molecule has 0 aliphatic carbocycles. The van der Waals surface area contributed by atoms with Gasteiger partial charge in [-0.05, 0) is 25.5 Å². The van der Waals surface area contributed by atoms with Gasteiger partial charge in [0.2, 0.25) is 0 Å². The molecule has 0 bridgehead atoms. The topological polar surface area (TPSA) is 75.6 Å². The van der Waals surface area contributed by atoms with E-state index in [9.17, 15) is 0 Å². The highest BCUT2D eigenvalue weighted by Gasteiger charge is 2.20. The molecule has 0 fully saturated rings. The van der Waals surface area contributed by atoms with Gasteiger partial charge in [0.25, 0.3) is 0 Å². The molecular formula is C16H18N6S. The lowest BCUT2D eigenvalue weighted by Gasteiger charge is -2.16. The molecule has 7 heteroatoms. The largest absolute Gasteiger partial charge is 0.367 e. The first kappa shape index (κ1) is 14.5. The molecule has 0 amide bonds. The molecule has 0 saturated carbocycles. The van der Waals surface area contributed by atoms with Crippen LogP contribution in [-0.4, -0.2) is 32.5 Å². The van der Waals surface area contributed by atoms with Gasteiger partial charge in [0.05, 0.1) is 11.1 Å². The molecule has 0 spiro atoms. The number of hydrogen-bond donors (Lipinski definition) is 2. The van der Waals surface area contributed by atoms with Crippen molar-refractivity contribution in [2.24, 2.45) is 0 Å². The molecule has 1 aliphatic heterocycles. The maximum atomic E-state index is 4.50. The van der Waals surface area contributed by atoms with Crippen LogP contribution >= 0.6 is 11.3 Å². The Morgan fingerprint density at radius 3 is 3.13 bits per heavy atom. The number of hydrogen-bond acceptors (Lipinski definition) is 7. The van der Waals surface area contributed by atoms with Crippen molar-refractivity contribution in [1.29, 1.82) is 0 Å². The molecule has 3 aromatic heterocycles. The average Bonchev–Trinajstić information content (AvgIpc) is 2.95. The molecule has 4 rings (SSSR count). The number of nitrogens with zero attached hydrogens (tertiary/aromatic N) is 4. The Kier molecular flexibility index (Phi) is 3.88. The SMILES string of the molecule is C[C@H](Cc1cnccn1)Nc1ncnc2sc3c(c12)CCNC3. The molecule has 3 aromatic rings. The van der Waals surface area contributed by atoms with Gasteiger partial charge < -0.3 is 10.6 Å². The van der Waals surface area contributed by atoms with Gasteiger partial charge in [0.1, 0.15) is 17.0 Å². The molecule has 118 valence electrons. The predicted octanol–water partition coefficient (Wildman–Crippen LogP) is 2.17. The summed E-state index contributed by atoms with van der Waals surface area (Å²) >= 11 is 1.77. The molecular weight excluding hydrogens is 308 g/mol. The summed E-state index contributed by atoms with van der Waals surface area (Å²) in [6, 6.07) is 0.224. The van der Waals surface area contributed by atoms with Gasteiger partial charge in [-0.2, -0.15) is 0 Å². The van der Waals surface area contributed by atoms with E-state index in [1.54, 1.807) is 30.1 Å². The van der Waals surface area contributed by atoms with Gasteiger partial charge in [-0.3, -0.25) is 9.97 Å². The quantitative estimate of drug-likeness (QED) is 0.765. The lowest BCUT2D eigenvalue weighted by atomic mass is 10.1. The lowest BCUT2D eigenvalue weighted by Crippen LogP contribution is -2.23. The van der Waals surface area contributed by atoms with E-state index >= 15 is 0 Å². The summed E-state index contributed by atoms with van der Waals surface area (Å²) in [5.74, 6) is 0.936. The van der Waals surface area contributed by atoms with Gasteiger partial charge in [-0.25, -0.2) is 9.97 Å². The van der Waals surface area contributed by atoms with Crippen LogP contribution in [0.5, 0.6) is 0 Å². The van der Waals surface area contributed by atoms with Gasteiger partial charge in [-0.1, -0.05) is 0 Å². The molecule has 6 nitrogen and oxygen atoms in total. The molecule has 0 unspecified atom stereocenters. The third-order valence-electron chi connectivity index (χ3n) is 4.02. The fourth-order valence-corrected chi connectivity index (χ4v) is 4.16. The number of anilines is 1. The fraction of sp³-hybridized carbons (Fsp3) is 0.375. The Labute approximate surface area is 138 Å². The Balaban J connectivity index is 1.62. The zero-order valence-electron chi connectivity index (χ0n) is 12.9. The standard InChI is InChI=1S/C16H18N6S/c1-10(6-11-7-18-4-5-19-11)22-15-14-12-2-3-17-8-13(12)23-16(14)21-9-20-15/h4-5,7,9-10,17H,2-3,6,8H2,1H3,(H,20,21,22)/t10-/m1/s1. The van der Waals surface area contributed by atoms with Gasteiger partial charge in [-0.15, -0.1) is 11.3 Å². The highest BCUT2D eigenvalue weighted by atomic mass is 32.1. The van der Waals surface area contributed by atoms with Crippen molar-refractivity contribution < 1.29 is 0 Å². The molecule has 0 saturated heterocycles. The summed E-state index contributed by atoms with van der Waals surface area (Å²) in [6.45, 7) is 4.09. The zero-order valence-corrected chi connectivity index (χ0v) is 13.7. The molecule has 0 radical (unpaired) electrons. The summed E-state index contributed by atoms with van der Waals surface area (Å²) in [7, 11) is 0. The van der Waals surface area contributed by atoms with Crippen molar-refractivity contribution >= 4 is 27.4 Å². The minimum Gasteiger partial charge on any atom is -0.367 e. The average molecular weight is 326 g/mol. The molecule has 4 heterocycles. The maximum Gasteiger partial charge on any atom is 0.138 e. The Bertz CT molecular complexity index is 816. The molecule has 1 aliphatic rings. The first-order valence-corrected chi connectivity index (χ1v) is 8.60. The predicted molar refractivity (Wildman–Crippen MR) is 91.6 cm³/mol. The van der Waals surface area contributed by atoms with Crippen molar-refractivity contribution in [2.75, 3.05) is 11.9 Å². The van der Waals surface area contributed by atoms with Crippen LogP contribution in [0.4, 0.5) is 5.82 Å². The van der Waals surface area contributed by atoms with Crippen molar-refractivity contribution in [2.45, 2.75) is 32.4 Å². The van der Waals surface area contributed by atoms with E-state index in [1.807, 2.05) is 6.20 Å². The Morgan fingerprint density at radius 1 is 1.30 bits per heavy atom. The van der Waals surface area contributed by atoms with Crippen LogP contribution < -0.4 is 10.6 Å². The minimum atomic E-state index is 0.224. The number of nitrogens with one attached hydrogen (secondary N) is 2. The van der Waals surface area contributed by atoms with Gasteiger partial charge in [0, 0.05) is 42.5 Å². The smallest absolute Gasteiger partial charge is 0.138 e. The molecule has 0 aromatic carbocycles. The van der Waals surface area contributed by atoms with E-state index in [2.05, 4.69) is 37.5 Å². The molecule has 2 N–H and O–H groups in total. The van der Waals surface area contributed by atoms with E-state index < -0.39 is 0 Å². The number of fused-ring (bicyclic) bond motifs is 3. The van der Waals surface area contributed by atoms with Crippen molar-refractivity contribution in [3.05, 3.63) is 41.1 Å². The summed E-state index contributed by atoms with van der Waals surface area (Å²) in [6.07, 6.45) is 8.73. The second-order valence-corrected chi connectivity index (χ2v) is 6.86. The van der Waals surface area contributed by atoms with Gasteiger partial charge in [0.15, 0.2) is 0 Å². The number of rotatable bonds is 4. The number of aromatic nitrogens is 4. The van der Waals surface area contributed by atoms with E-state index in [0.717, 1.165) is 42.3 Å². The van der Waals surface area contributed by atoms with Crippen LogP contribution in [0.3, 0.4) is 0 Å². The third-order valence-corrected chi connectivity index (χ3v) is 5.16. The van der Waals surface area contributed by atoms with Crippen LogP contribution in [0, 0.1) is 0 Å². The van der Waals surface area contributed by atoms with E-state index in [4.69, 9.17) is 0 Å². The minimum absolute atomic E-state index is 0.224. The molecule has 1 atom stereocenters. The third kappa shape index (κ3) is 2.89. The van der Waals surface area contributed by atoms with Crippen LogP contribution in [0.25, 0.3) is 10.2 Å². The number of thiophene rings is 1. The normalized spacial score (nSPS) is 15.3. The highest BCUT2D eigenvalue weighted by molar-refractivity contribution is 7.18. The van der Waals surface area contributed by atoms with Crippen molar-refractivity contribution in [3.63, 3.8) is 0 Å². The van der Waals surface area contributed by atoms with Crippen LogP contribution in [0.15, 0.2) is 24.9 Å². The first-order valence-electron chi connectivity index (χ1n) is 7.78. The fourth-order valence-electron chi connectivity index (χ4n) is 3.00. The van der Waals surface area contributed by atoms with E-state index in [-0.39, 0.29) is 6.04 Å². The Hall–Kier alpha value is -2.12. The van der Waals surface area contributed by atoms with Crippen LogP contribution in [0.1, 0.15) is 23.1 Å². The van der Waals surface area contributed by atoms with E-state index in [0.29, 0.717) is 0 Å². The van der Waals surface area contributed by atoms with Gasteiger partial charge >= 0.3 is 0 Å². The summed E-state index contributed by atoms with van der Waals surface area (Å²) in [5, 5.41) is 8.15. The first-order chi connectivity index (χ1) is 11.3. The van der Waals surface area contributed by atoms with Crippen molar-refractivity contribution in [3.8, 4) is 0 Å². The summed E-state index contributed by atoms with van der Waals surface area (Å²) in [5.41, 5.74) is 2.38. The maximum absolute atomic E-state index is 4.50. The molecule has 23 heavy (non-hydrogen) atoms. The summed E-state index contributed by atoms with van der Waals surface area (Å²) < 4.78 is 0. The second-order valence-electron chi connectivity index (χ2n) is 5.78.